The maximum absolute atomic E-state index is 12.9. The number of amides is 1. The molecule has 1 aliphatic carbocycles. The molecule has 0 bridgehead atoms. The maximum Gasteiger partial charge on any atom is 0.261 e. The molecule has 5 nitrogen and oxygen atoms in total. The number of rotatable bonds is 5. The summed E-state index contributed by atoms with van der Waals surface area (Å²) >= 11 is 0. The molecule has 2 aliphatic rings. The first-order valence-electron chi connectivity index (χ1n) is 9.08. The minimum Gasteiger partial charge on any atom is -0.483 e. The van der Waals surface area contributed by atoms with Crippen LogP contribution in [0.4, 0.5) is 0 Å². The fourth-order valence-corrected chi connectivity index (χ4v) is 5.83. The third-order valence-corrected chi connectivity index (χ3v) is 7.11. The van der Waals surface area contributed by atoms with Gasteiger partial charge >= 0.3 is 0 Å². The van der Waals surface area contributed by atoms with E-state index < -0.39 is 9.84 Å². The van der Waals surface area contributed by atoms with Crippen LogP contribution >= 0.6 is 0 Å². The molecule has 0 aromatic heterocycles. The summed E-state index contributed by atoms with van der Waals surface area (Å²) in [5, 5.41) is 0. The van der Waals surface area contributed by atoms with Crippen molar-refractivity contribution in [3.8, 4) is 5.75 Å². The van der Waals surface area contributed by atoms with Crippen molar-refractivity contribution >= 4 is 15.7 Å². The van der Waals surface area contributed by atoms with Gasteiger partial charge in [0.05, 0.1) is 11.5 Å². The Morgan fingerprint density at radius 2 is 1.76 bits per heavy atom. The number of ether oxygens (including phenoxy) is 1. The average Bonchev–Trinajstić information content (AvgIpc) is 3.17. The maximum atomic E-state index is 12.9. The van der Waals surface area contributed by atoms with Crippen LogP contribution in [0.2, 0.25) is 0 Å². The van der Waals surface area contributed by atoms with E-state index in [0.29, 0.717) is 6.42 Å². The highest BCUT2D eigenvalue weighted by atomic mass is 32.2. The van der Waals surface area contributed by atoms with Crippen molar-refractivity contribution in [1.82, 2.24) is 4.90 Å². The largest absolute Gasteiger partial charge is 0.483 e. The molecule has 2 fully saturated rings. The molecule has 1 aromatic rings. The SMILES string of the molecule is Cc1cccc(C)c1OCC(=O)N(C1CCCC1)C1CCS(=O)(=O)C1. The van der Waals surface area contributed by atoms with Crippen LogP contribution in [0.15, 0.2) is 18.2 Å². The highest BCUT2D eigenvalue weighted by Crippen LogP contribution is 2.30. The molecule has 1 aliphatic heterocycles. The van der Waals surface area contributed by atoms with Crippen LogP contribution in [0.5, 0.6) is 5.75 Å². The monoisotopic (exact) mass is 365 g/mol. The molecule has 0 radical (unpaired) electrons. The summed E-state index contributed by atoms with van der Waals surface area (Å²) in [6, 6.07) is 5.86. The number of para-hydroxylation sites is 1. The first kappa shape index (κ1) is 18.2. The lowest BCUT2D eigenvalue weighted by molar-refractivity contribution is -0.137. The van der Waals surface area contributed by atoms with Gasteiger partial charge < -0.3 is 9.64 Å². The normalized spacial score (nSPS) is 22.9. The Hall–Kier alpha value is -1.56. The predicted octanol–water partition coefficient (Wildman–Crippen LogP) is 2.64. The highest BCUT2D eigenvalue weighted by Gasteiger charge is 2.39. The standard InChI is InChI=1S/C19H27NO4S/c1-14-6-5-7-15(2)19(14)24-12-18(21)20(16-8-3-4-9-16)17-10-11-25(22,23)13-17/h5-7,16-17H,3-4,8-13H2,1-2H3. The van der Waals surface area contributed by atoms with Gasteiger partial charge in [-0.1, -0.05) is 31.0 Å². The van der Waals surface area contributed by atoms with Gasteiger partial charge in [0, 0.05) is 12.1 Å². The second-order valence-electron chi connectivity index (χ2n) is 7.31. The van der Waals surface area contributed by atoms with E-state index in [0.717, 1.165) is 42.6 Å². The van der Waals surface area contributed by atoms with Crippen LogP contribution in [0.25, 0.3) is 0 Å². The summed E-state index contributed by atoms with van der Waals surface area (Å²) < 4.78 is 29.6. The lowest BCUT2D eigenvalue weighted by atomic mass is 10.1. The Labute approximate surface area is 150 Å². The van der Waals surface area contributed by atoms with E-state index in [4.69, 9.17) is 4.74 Å². The smallest absolute Gasteiger partial charge is 0.261 e. The Kier molecular flexibility index (Phi) is 5.37. The van der Waals surface area contributed by atoms with Crippen LogP contribution in [-0.2, 0) is 14.6 Å². The van der Waals surface area contributed by atoms with Gasteiger partial charge in [0.1, 0.15) is 5.75 Å². The molecule has 1 aromatic carbocycles. The zero-order valence-corrected chi connectivity index (χ0v) is 15.8. The Balaban J connectivity index is 1.73. The minimum atomic E-state index is -3.02. The van der Waals surface area contributed by atoms with Crippen molar-refractivity contribution in [1.29, 1.82) is 0 Å². The second kappa shape index (κ2) is 7.36. The summed E-state index contributed by atoms with van der Waals surface area (Å²) in [5.74, 6) is 0.947. The molecule has 1 amide bonds. The Bertz CT molecular complexity index is 718. The van der Waals surface area contributed by atoms with Crippen LogP contribution in [0, 0.1) is 13.8 Å². The van der Waals surface area contributed by atoms with Gasteiger partial charge in [-0.2, -0.15) is 0 Å². The average molecular weight is 365 g/mol. The first-order valence-corrected chi connectivity index (χ1v) is 10.9. The number of carbonyl (C=O) groups is 1. The van der Waals surface area contributed by atoms with Crippen LogP contribution in [0.3, 0.4) is 0 Å². The molecule has 1 atom stereocenters. The lowest BCUT2D eigenvalue weighted by Gasteiger charge is -2.34. The van der Waals surface area contributed by atoms with Gasteiger partial charge in [-0.3, -0.25) is 4.79 Å². The number of sulfone groups is 1. The number of hydrogen-bond acceptors (Lipinski definition) is 4. The van der Waals surface area contributed by atoms with Crippen LogP contribution < -0.4 is 4.74 Å². The fourth-order valence-electron chi connectivity index (χ4n) is 4.12. The molecule has 1 saturated heterocycles. The molecule has 1 heterocycles. The van der Waals surface area contributed by atoms with E-state index in [1.165, 1.54) is 0 Å². The number of aryl methyl sites for hydroxylation is 2. The fraction of sp³-hybridized carbons (Fsp3) is 0.632. The zero-order valence-electron chi connectivity index (χ0n) is 15.0. The molecular weight excluding hydrogens is 338 g/mol. The molecule has 1 unspecified atom stereocenters. The summed E-state index contributed by atoms with van der Waals surface area (Å²) in [4.78, 5) is 14.8. The van der Waals surface area contributed by atoms with Crippen molar-refractivity contribution in [3.63, 3.8) is 0 Å². The van der Waals surface area contributed by atoms with Gasteiger partial charge in [-0.05, 0) is 44.2 Å². The first-order chi connectivity index (χ1) is 11.9. The van der Waals surface area contributed by atoms with Crippen molar-refractivity contribution in [2.45, 2.75) is 58.0 Å². The molecule has 0 spiro atoms. The van der Waals surface area contributed by atoms with Crippen LogP contribution in [-0.4, -0.2) is 49.4 Å². The van der Waals surface area contributed by atoms with Crippen molar-refractivity contribution in [2.75, 3.05) is 18.1 Å². The predicted molar refractivity (Wildman–Crippen MR) is 97.6 cm³/mol. The lowest BCUT2D eigenvalue weighted by Crippen LogP contribution is -2.48. The van der Waals surface area contributed by atoms with Crippen molar-refractivity contribution < 1.29 is 17.9 Å². The molecule has 1 saturated carbocycles. The number of nitrogens with zero attached hydrogens (tertiary/aromatic N) is 1. The van der Waals surface area contributed by atoms with Gasteiger partial charge in [0.2, 0.25) is 0 Å². The molecule has 3 rings (SSSR count). The molecule has 25 heavy (non-hydrogen) atoms. The second-order valence-corrected chi connectivity index (χ2v) is 9.53. The van der Waals surface area contributed by atoms with E-state index in [9.17, 15) is 13.2 Å². The van der Waals surface area contributed by atoms with E-state index >= 15 is 0 Å². The third kappa shape index (κ3) is 4.17. The highest BCUT2D eigenvalue weighted by molar-refractivity contribution is 7.91. The van der Waals surface area contributed by atoms with Gasteiger partial charge in [0.15, 0.2) is 16.4 Å². The topological polar surface area (TPSA) is 63.7 Å². The summed E-state index contributed by atoms with van der Waals surface area (Å²) in [6.07, 6.45) is 4.68. The van der Waals surface area contributed by atoms with E-state index in [1.807, 2.05) is 36.9 Å². The summed E-state index contributed by atoms with van der Waals surface area (Å²) in [6.45, 7) is 3.90. The van der Waals surface area contributed by atoms with Crippen molar-refractivity contribution in [3.05, 3.63) is 29.3 Å². The molecule has 138 valence electrons. The quantitative estimate of drug-likeness (QED) is 0.805. The summed E-state index contributed by atoms with van der Waals surface area (Å²) in [7, 11) is -3.02. The zero-order chi connectivity index (χ0) is 18.0. The van der Waals surface area contributed by atoms with Gasteiger partial charge in [-0.25, -0.2) is 8.42 Å². The number of benzene rings is 1. The van der Waals surface area contributed by atoms with E-state index in [-0.39, 0.29) is 36.1 Å². The molecule has 6 heteroatoms. The van der Waals surface area contributed by atoms with Crippen LogP contribution in [0.1, 0.15) is 43.2 Å². The Morgan fingerprint density at radius 1 is 1.12 bits per heavy atom. The third-order valence-electron chi connectivity index (χ3n) is 5.36. The van der Waals surface area contributed by atoms with Crippen molar-refractivity contribution in [2.24, 2.45) is 0 Å². The Morgan fingerprint density at radius 3 is 2.32 bits per heavy atom. The number of carbonyl (C=O) groups excluding carboxylic acids is 1. The van der Waals surface area contributed by atoms with E-state index in [1.54, 1.807) is 0 Å². The molecular formula is C19H27NO4S. The number of hydrogen-bond donors (Lipinski definition) is 0. The molecule has 0 N–H and O–H groups in total. The minimum absolute atomic E-state index is 0.0290. The van der Waals surface area contributed by atoms with Gasteiger partial charge in [-0.15, -0.1) is 0 Å². The van der Waals surface area contributed by atoms with Gasteiger partial charge in [0.25, 0.3) is 5.91 Å². The van der Waals surface area contributed by atoms with E-state index in [2.05, 4.69) is 0 Å². The summed E-state index contributed by atoms with van der Waals surface area (Å²) in [5.41, 5.74) is 2.01.